The molecule has 10 heteroatoms. The lowest BCUT2D eigenvalue weighted by atomic mass is 10.1. The van der Waals surface area contributed by atoms with Gasteiger partial charge in [0.25, 0.3) is 5.91 Å². The van der Waals surface area contributed by atoms with Gasteiger partial charge in [-0.05, 0) is 38.5 Å². The molecule has 0 saturated heterocycles. The molecule has 2 aromatic rings. The number of alkyl halides is 3. The molecule has 0 radical (unpaired) electrons. The Morgan fingerprint density at radius 2 is 1.67 bits per heavy atom. The van der Waals surface area contributed by atoms with Crippen LogP contribution in [0.4, 0.5) is 18.9 Å². The molecule has 6 nitrogen and oxygen atoms in total. The third-order valence-corrected chi connectivity index (χ3v) is 6.31. The predicted octanol–water partition coefficient (Wildman–Crippen LogP) is 5.62. The molecule has 0 fully saturated rings. The first kappa shape index (κ1) is 23.9. The maximum absolute atomic E-state index is 13.5. The van der Waals surface area contributed by atoms with Crippen LogP contribution in [0, 0.1) is 6.92 Å². The van der Waals surface area contributed by atoms with Crippen LogP contribution < -0.4 is 10.6 Å². The van der Waals surface area contributed by atoms with Gasteiger partial charge in [0.2, 0.25) is 0 Å². The monoisotopic (exact) mass is 444 g/mol. The van der Waals surface area contributed by atoms with E-state index in [-0.39, 0.29) is 24.5 Å². The van der Waals surface area contributed by atoms with E-state index in [0.717, 1.165) is 5.32 Å². The minimum atomic E-state index is -4.89. The molecule has 0 spiro atoms. The molecule has 0 heterocycles. The number of benzene rings is 2. The van der Waals surface area contributed by atoms with Gasteiger partial charge in [-0.1, -0.05) is 42.0 Å². The molecule has 2 rings (SSSR count). The summed E-state index contributed by atoms with van der Waals surface area (Å²) in [5.41, 5.74) is 0.941. The van der Waals surface area contributed by atoms with Crippen LogP contribution in [0.25, 0.3) is 0 Å². The van der Waals surface area contributed by atoms with Gasteiger partial charge >= 0.3 is 13.9 Å². The van der Waals surface area contributed by atoms with Gasteiger partial charge < -0.3 is 14.4 Å². The maximum Gasteiger partial charge on any atom is 0.484 e. The molecule has 0 aliphatic heterocycles. The zero-order valence-electron chi connectivity index (χ0n) is 16.8. The number of rotatable bonds is 9. The van der Waals surface area contributed by atoms with Crippen molar-refractivity contribution in [2.45, 2.75) is 32.9 Å². The number of aryl methyl sites for hydroxylation is 1. The zero-order chi connectivity index (χ0) is 22.4. The third-order valence-electron chi connectivity index (χ3n) is 4.02. The Balaban J connectivity index is 2.53. The standard InChI is InChI=1S/C20H24F3N2O4P/c1-4-28-30(27,29-5-2)19(15-9-7-6-8-10-15)24-17-12-11-14(3)13-16(17)18(26)25-20(21,22)23/h6-13,19,24H,4-5H2,1-3H3,(H,25,26). The summed E-state index contributed by atoms with van der Waals surface area (Å²) in [5, 5.41) is 3.92. The van der Waals surface area contributed by atoms with Crippen molar-refractivity contribution in [2.75, 3.05) is 18.5 Å². The average Bonchev–Trinajstić information content (AvgIpc) is 2.66. The maximum atomic E-state index is 13.5. The lowest BCUT2D eigenvalue weighted by Crippen LogP contribution is -2.37. The first-order chi connectivity index (χ1) is 14.1. The summed E-state index contributed by atoms with van der Waals surface area (Å²) >= 11 is 0. The highest BCUT2D eigenvalue weighted by Crippen LogP contribution is 2.60. The van der Waals surface area contributed by atoms with Gasteiger partial charge in [-0.25, -0.2) is 0 Å². The quantitative estimate of drug-likeness (QED) is 0.388. The fourth-order valence-electron chi connectivity index (χ4n) is 2.84. The van der Waals surface area contributed by atoms with Gasteiger partial charge in [0.05, 0.1) is 18.8 Å². The second-order valence-electron chi connectivity index (χ2n) is 6.33. The SMILES string of the molecule is CCOP(=O)(OCC)C(Nc1ccc(C)cc1C(=O)NC(F)(F)F)c1ccccc1. The van der Waals surface area contributed by atoms with Crippen molar-refractivity contribution in [3.8, 4) is 0 Å². The number of carbonyl (C=O) groups excluding carboxylic acids is 1. The van der Waals surface area contributed by atoms with E-state index in [2.05, 4.69) is 5.32 Å². The molecule has 0 bridgehead atoms. The number of halogens is 3. The van der Waals surface area contributed by atoms with Crippen LogP contribution >= 0.6 is 7.60 Å². The van der Waals surface area contributed by atoms with Crippen LogP contribution in [-0.4, -0.2) is 25.4 Å². The topological polar surface area (TPSA) is 76.7 Å². The number of nitrogens with one attached hydrogen (secondary N) is 2. The van der Waals surface area contributed by atoms with Gasteiger partial charge in [-0.2, -0.15) is 13.2 Å². The first-order valence-corrected chi connectivity index (χ1v) is 10.9. The van der Waals surface area contributed by atoms with E-state index in [1.54, 1.807) is 57.2 Å². The van der Waals surface area contributed by atoms with Crippen molar-refractivity contribution in [3.63, 3.8) is 0 Å². The van der Waals surface area contributed by atoms with Crippen LogP contribution in [0.2, 0.25) is 0 Å². The molecule has 0 aromatic heterocycles. The molecule has 0 saturated carbocycles. The summed E-state index contributed by atoms with van der Waals surface area (Å²) in [6.07, 6.45) is -4.89. The molecular formula is C20H24F3N2O4P. The van der Waals surface area contributed by atoms with Gasteiger partial charge in [-0.15, -0.1) is 0 Å². The molecule has 2 aromatic carbocycles. The van der Waals surface area contributed by atoms with Crippen molar-refractivity contribution in [1.29, 1.82) is 0 Å². The van der Waals surface area contributed by atoms with Crippen LogP contribution in [0.1, 0.15) is 41.1 Å². The molecule has 0 aliphatic carbocycles. The van der Waals surface area contributed by atoms with Crippen molar-refractivity contribution in [2.24, 2.45) is 0 Å². The fourth-order valence-corrected chi connectivity index (χ4v) is 4.77. The van der Waals surface area contributed by atoms with Gasteiger partial charge in [0.15, 0.2) is 5.78 Å². The lowest BCUT2D eigenvalue weighted by Gasteiger charge is -2.29. The van der Waals surface area contributed by atoms with E-state index < -0.39 is 25.6 Å². The van der Waals surface area contributed by atoms with Crippen molar-refractivity contribution in [3.05, 3.63) is 65.2 Å². The number of hydrogen-bond acceptors (Lipinski definition) is 5. The minimum absolute atomic E-state index is 0.0656. The van der Waals surface area contributed by atoms with E-state index in [1.807, 2.05) is 0 Å². The minimum Gasteiger partial charge on any atom is -0.367 e. The Hall–Kier alpha value is -2.35. The zero-order valence-corrected chi connectivity index (χ0v) is 17.7. The Morgan fingerprint density at radius 1 is 1.07 bits per heavy atom. The second-order valence-corrected chi connectivity index (χ2v) is 8.45. The summed E-state index contributed by atoms with van der Waals surface area (Å²) in [7, 11) is -3.78. The second kappa shape index (κ2) is 10.1. The lowest BCUT2D eigenvalue weighted by molar-refractivity contribution is -0.146. The number of hydrogen-bond donors (Lipinski definition) is 2. The van der Waals surface area contributed by atoms with Gasteiger partial charge in [0.1, 0.15) is 0 Å². The van der Waals surface area contributed by atoms with Crippen LogP contribution in [-0.2, 0) is 13.6 Å². The highest BCUT2D eigenvalue weighted by Gasteiger charge is 2.38. The fraction of sp³-hybridized carbons (Fsp3) is 0.350. The predicted molar refractivity (Wildman–Crippen MR) is 108 cm³/mol. The first-order valence-electron chi connectivity index (χ1n) is 9.29. The van der Waals surface area contributed by atoms with Crippen molar-refractivity contribution in [1.82, 2.24) is 5.32 Å². The summed E-state index contributed by atoms with van der Waals surface area (Å²) in [6, 6.07) is 13.0. The van der Waals surface area contributed by atoms with Gasteiger partial charge in [-0.3, -0.25) is 14.7 Å². The van der Waals surface area contributed by atoms with Crippen molar-refractivity contribution < 1.29 is 31.6 Å². The highest BCUT2D eigenvalue weighted by molar-refractivity contribution is 7.54. The summed E-state index contributed by atoms with van der Waals surface area (Å²) < 4.78 is 62.5. The Bertz CT molecular complexity index is 897. The van der Waals surface area contributed by atoms with Crippen LogP contribution in [0.15, 0.2) is 48.5 Å². The Labute approximate surface area is 173 Å². The number of anilines is 1. The molecule has 0 aliphatic rings. The summed E-state index contributed by atoms with van der Waals surface area (Å²) in [4.78, 5) is 12.2. The van der Waals surface area contributed by atoms with Crippen LogP contribution in [0.5, 0.6) is 0 Å². The molecule has 1 atom stereocenters. The van der Waals surface area contributed by atoms with E-state index >= 15 is 0 Å². The van der Waals surface area contributed by atoms with Crippen molar-refractivity contribution >= 4 is 19.2 Å². The Kier molecular flexibility index (Phi) is 8.06. The third kappa shape index (κ3) is 6.32. The summed E-state index contributed by atoms with van der Waals surface area (Å²) in [6.45, 7) is 5.15. The molecule has 1 amide bonds. The molecule has 1 unspecified atom stereocenters. The number of carbonyl (C=O) groups is 1. The van der Waals surface area contributed by atoms with Crippen LogP contribution in [0.3, 0.4) is 0 Å². The Morgan fingerprint density at radius 3 is 2.20 bits per heavy atom. The van der Waals surface area contributed by atoms with E-state index in [1.165, 1.54) is 12.1 Å². The molecule has 164 valence electrons. The van der Waals surface area contributed by atoms with E-state index in [0.29, 0.717) is 11.1 Å². The smallest absolute Gasteiger partial charge is 0.367 e. The summed E-state index contributed by atoms with van der Waals surface area (Å²) in [5.74, 6) is -2.37. The molecule has 2 N–H and O–H groups in total. The van der Waals surface area contributed by atoms with E-state index in [4.69, 9.17) is 9.05 Å². The average molecular weight is 444 g/mol. The van der Waals surface area contributed by atoms with Gasteiger partial charge in [0, 0.05) is 5.69 Å². The molecule has 30 heavy (non-hydrogen) atoms. The highest BCUT2D eigenvalue weighted by atomic mass is 31.2. The molecular weight excluding hydrogens is 420 g/mol. The van der Waals surface area contributed by atoms with E-state index in [9.17, 15) is 22.5 Å². The number of amides is 1. The normalized spacial score (nSPS) is 13.0. The largest absolute Gasteiger partial charge is 0.484 e.